The van der Waals surface area contributed by atoms with Gasteiger partial charge in [0.1, 0.15) is 17.1 Å². The van der Waals surface area contributed by atoms with E-state index in [2.05, 4.69) is 25.8 Å². The van der Waals surface area contributed by atoms with Crippen LogP contribution in [0.2, 0.25) is 0 Å². The average molecular weight is 469 g/mol. The fourth-order valence-electron chi connectivity index (χ4n) is 2.71. The molecule has 0 spiro atoms. The molecule has 1 heterocycles. The van der Waals surface area contributed by atoms with E-state index < -0.39 is 56.4 Å². The van der Waals surface area contributed by atoms with E-state index in [0.717, 1.165) is 18.9 Å². The van der Waals surface area contributed by atoms with E-state index in [4.69, 9.17) is 4.74 Å². The summed E-state index contributed by atoms with van der Waals surface area (Å²) in [5.41, 5.74) is -2.26. The zero-order valence-electron chi connectivity index (χ0n) is 15.0. The molecule has 0 bridgehead atoms. The molecule has 0 aliphatic rings. The predicted octanol–water partition coefficient (Wildman–Crippen LogP) is 4.29. The third kappa shape index (κ3) is 3.51. The van der Waals surface area contributed by atoms with Crippen LogP contribution in [0, 0.1) is 17.5 Å². The molecule has 0 saturated carbocycles. The minimum absolute atomic E-state index is 0.292. The molecule has 0 saturated heterocycles. The van der Waals surface area contributed by atoms with Crippen LogP contribution < -0.4 is 0 Å². The maximum atomic E-state index is 14.7. The van der Waals surface area contributed by atoms with Crippen LogP contribution >= 0.6 is 15.9 Å². The van der Waals surface area contributed by atoms with Crippen molar-refractivity contribution in [3.05, 3.63) is 69.6 Å². The predicted molar refractivity (Wildman–Crippen MR) is 99.3 cm³/mol. The van der Waals surface area contributed by atoms with Gasteiger partial charge in [0.25, 0.3) is 0 Å². The molecule has 29 heavy (non-hydrogen) atoms. The Hall–Kier alpha value is -3.14. The minimum Gasteiger partial charge on any atom is -0.465 e. The van der Waals surface area contributed by atoms with Gasteiger partial charge in [-0.1, -0.05) is 18.2 Å². The van der Waals surface area contributed by atoms with Crippen molar-refractivity contribution in [3.8, 4) is 16.9 Å². The standard InChI is InChI=1S/C19H12BrF3N2O4/c1-28-18(26)13-16(12-14(22)10(20)8-11(21)15(12)23)24-25(17(13)19(27)29-2)9-6-4-3-5-7-9/h3-8H,1-2H3. The monoisotopic (exact) mass is 468 g/mol. The first kappa shape index (κ1) is 20.6. The van der Waals surface area contributed by atoms with Gasteiger partial charge in [-0.2, -0.15) is 5.10 Å². The fraction of sp³-hybridized carbons (Fsp3) is 0.105. The summed E-state index contributed by atoms with van der Waals surface area (Å²) in [6.45, 7) is 0. The first-order valence-electron chi connectivity index (χ1n) is 8.00. The van der Waals surface area contributed by atoms with Crippen LogP contribution in [0.15, 0.2) is 40.9 Å². The number of ether oxygens (including phenoxy) is 2. The largest absolute Gasteiger partial charge is 0.465 e. The van der Waals surface area contributed by atoms with Crippen molar-refractivity contribution in [2.45, 2.75) is 0 Å². The van der Waals surface area contributed by atoms with Gasteiger partial charge in [0.15, 0.2) is 17.3 Å². The van der Waals surface area contributed by atoms with Gasteiger partial charge in [-0.3, -0.25) is 0 Å². The van der Waals surface area contributed by atoms with Crippen LogP contribution in [-0.4, -0.2) is 35.9 Å². The van der Waals surface area contributed by atoms with Gasteiger partial charge in [-0.15, -0.1) is 0 Å². The zero-order valence-corrected chi connectivity index (χ0v) is 16.6. The van der Waals surface area contributed by atoms with Crippen LogP contribution in [0.5, 0.6) is 0 Å². The summed E-state index contributed by atoms with van der Waals surface area (Å²) in [5.74, 6) is -6.28. The molecule has 10 heteroatoms. The Labute approximate surface area is 171 Å². The number of methoxy groups -OCH3 is 2. The topological polar surface area (TPSA) is 70.4 Å². The summed E-state index contributed by atoms with van der Waals surface area (Å²) >= 11 is 2.80. The van der Waals surface area contributed by atoms with E-state index in [1.54, 1.807) is 30.3 Å². The summed E-state index contributed by atoms with van der Waals surface area (Å²) in [5, 5.41) is 4.04. The van der Waals surface area contributed by atoms with Crippen molar-refractivity contribution in [2.75, 3.05) is 14.2 Å². The number of hydrogen-bond acceptors (Lipinski definition) is 5. The van der Waals surface area contributed by atoms with Gasteiger partial charge in [0.05, 0.1) is 29.9 Å². The van der Waals surface area contributed by atoms with Crippen molar-refractivity contribution >= 4 is 27.9 Å². The van der Waals surface area contributed by atoms with Crippen molar-refractivity contribution in [3.63, 3.8) is 0 Å². The minimum atomic E-state index is -1.58. The van der Waals surface area contributed by atoms with Gasteiger partial charge in [0.2, 0.25) is 0 Å². The first-order valence-corrected chi connectivity index (χ1v) is 8.79. The van der Waals surface area contributed by atoms with Crippen molar-refractivity contribution < 1.29 is 32.2 Å². The summed E-state index contributed by atoms with van der Waals surface area (Å²) in [6.07, 6.45) is 0. The maximum absolute atomic E-state index is 14.7. The number of hydrogen-bond donors (Lipinski definition) is 0. The van der Waals surface area contributed by atoms with E-state index in [1.807, 2.05) is 0 Å². The summed E-state index contributed by atoms with van der Waals surface area (Å²) in [6, 6.07) is 8.61. The second-order valence-corrected chi connectivity index (χ2v) is 6.50. The molecule has 0 fully saturated rings. The molecule has 0 N–H and O–H groups in total. The van der Waals surface area contributed by atoms with Crippen molar-refractivity contribution in [2.24, 2.45) is 0 Å². The molecule has 150 valence electrons. The highest BCUT2D eigenvalue weighted by Crippen LogP contribution is 2.36. The Morgan fingerprint density at radius 2 is 1.62 bits per heavy atom. The smallest absolute Gasteiger partial charge is 0.357 e. The average Bonchev–Trinajstić information content (AvgIpc) is 3.12. The van der Waals surface area contributed by atoms with Crippen LogP contribution in [0.25, 0.3) is 16.9 Å². The number of para-hydroxylation sites is 1. The lowest BCUT2D eigenvalue weighted by Gasteiger charge is -2.08. The number of esters is 2. The lowest BCUT2D eigenvalue weighted by Crippen LogP contribution is -2.15. The molecule has 0 radical (unpaired) electrons. The van der Waals surface area contributed by atoms with Crippen LogP contribution in [-0.2, 0) is 9.47 Å². The molecule has 2 aromatic carbocycles. The molecule has 0 aliphatic carbocycles. The number of benzene rings is 2. The van der Waals surface area contributed by atoms with Gasteiger partial charge in [-0.25, -0.2) is 27.4 Å². The number of carbonyl (C=O) groups is 2. The SMILES string of the molecule is COC(=O)c1c(-c2c(F)c(F)cc(Br)c2F)nn(-c2ccccc2)c1C(=O)OC. The molecule has 0 aliphatic heterocycles. The zero-order chi connectivity index (χ0) is 21.3. The number of aromatic nitrogens is 2. The molecule has 0 amide bonds. The molecule has 0 atom stereocenters. The third-order valence-electron chi connectivity index (χ3n) is 4.00. The van der Waals surface area contributed by atoms with Crippen molar-refractivity contribution in [1.29, 1.82) is 0 Å². The van der Waals surface area contributed by atoms with Gasteiger partial charge in [0, 0.05) is 0 Å². The molecule has 6 nitrogen and oxygen atoms in total. The van der Waals surface area contributed by atoms with E-state index >= 15 is 0 Å². The fourth-order valence-corrected chi connectivity index (χ4v) is 3.11. The normalized spacial score (nSPS) is 10.7. The molecule has 0 unspecified atom stereocenters. The maximum Gasteiger partial charge on any atom is 0.357 e. The number of halogens is 4. The molecule has 1 aromatic heterocycles. The van der Waals surface area contributed by atoms with Crippen LogP contribution in [0.4, 0.5) is 13.2 Å². The van der Waals surface area contributed by atoms with E-state index in [0.29, 0.717) is 11.8 Å². The highest BCUT2D eigenvalue weighted by atomic mass is 79.9. The highest BCUT2D eigenvalue weighted by Gasteiger charge is 2.34. The second-order valence-electron chi connectivity index (χ2n) is 5.65. The molecule has 3 rings (SSSR count). The van der Waals surface area contributed by atoms with Crippen LogP contribution in [0.1, 0.15) is 20.8 Å². The summed E-state index contributed by atoms with van der Waals surface area (Å²) in [7, 11) is 2.08. The molecular weight excluding hydrogens is 457 g/mol. The third-order valence-corrected chi connectivity index (χ3v) is 4.58. The lowest BCUT2D eigenvalue weighted by molar-refractivity contribution is 0.0549. The Morgan fingerprint density at radius 3 is 2.21 bits per heavy atom. The van der Waals surface area contributed by atoms with E-state index in [-0.39, 0.29) is 0 Å². The Kier molecular flexibility index (Phi) is 5.73. The number of nitrogens with zero attached hydrogens (tertiary/aromatic N) is 2. The first-order chi connectivity index (χ1) is 13.8. The van der Waals surface area contributed by atoms with Crippen LogP contribution in [0.3, 0.4) is 0 Å². The molecular formula is C19H12BrF3N2O4. The van der Waals surface area contributed by atoms with Gasteiger partial charge < -0.3 is 9.47 Å². The van der Waals surface area contributed by atoms with Gasteiger partial charge in [-0.05, 0) is 34.1 Å². The quantitative estimate of drug-likeness (QED) is 0.421. The Bertz CT molecular complexity index is 1090. The Balaban J connectivity index is 2.48. The van der Waals surface area contributed by atoms with Gasteiger partial charge >= 0.3 is 11.9 Å². The van der Waals surface area contributed by atoms with E-state index in [9.17, 15) is 22.8 Å². The van der Waals surface area contributed by atoms with E-state index in [1.165, 1.54) is 0 Å². The highest BCUT2D eigenvalue weighted by molar-refractivity contribution is 9.10. The summed E-state index contributed by atoms with van der Waals surface area (Å²) in [4.78, 5) is 24.9. The lowest BCUT2D eigenvalue weighted by atomic mass is 10.0. The molecule has 3 aromatic rings. The summed E-state index contributed by atoms with van der Waals surface area (Å²) < 4.78 is 53.2. The number of rotatable bonds is 4. The number of carbonyl (C=O) groups excluding carboxylic acids is 2. The second kappa shape index (κ2) is 8.08. The Morgan fingerprint density at radius 1 is 1.00 bits per heavy atom. The van der Waals surface area contributed by atoms with Crippen molar-refractivity contribution in [1.82, 2.24) is 9.78 Å².